The van der Waals surface area contributed by atoms with Gasteiger partial charge in [-0.15, -0.1) is 0 Å². The molecule has 11 heavy (non-hydrogen) atoms. The standard InChI is InChI=1S/C9H19NO/c1-8(11)7-10-6-2-3-9-4-5-9/h8-11H,2-7H2,1H3/t8-/m1/s1. The molecule has 66 valence electrons. The number of hydrogen-bond acceptors (Lipinski definition) is 2. The lowest BCUT2D eigenvalue weighted by Crippen LogP contribution is -2.25. The van der Waals surface area contributed by atoms with Crippen molar-refractivity contribution >= 4 is 0 Å². The van der Waals surface area contributed by atoms with Crippen LogP contribution in [0.2, 0.25) is 0 Å². The van der Waals surface area contributed by atoms with Gasteiger partial charge in [-0.2, -0.15) is 0 Å². The van der Waals surface area contributed by atoms with Crippen LogP contribution in [0.25, 0.3) is 0 Å². The largest absolute Gasteiger partial charge is 0.392 e. The Kier molecular flexibility index (Phi) is 3.87. The molecule has 1 aliphatic carbocycles. The molecule has 0 amide bonds. The van der Waals surface area contributed by atoms with Crippen molar-refractivity contribution in [2.45, 2.75) is 38.7 Å². The highest BCUT2D eigenvalue weighted by atomic mass is 16.3. The average molecular weight is 157 g/mol. The second-order valence-electron chi connectivity index (χ2n) is 3.64. The Morgan fingerprint density at radius 1 is 1.55 bits per heavy atom. The van der Waals surface area contributed by atoms with Crippen LogP contribution < -0.4 is 5.32 Å². The van der Waals surface area contributed by atoms with E-state index in [0.29, 0.717) is 0 Å². The maximum Gasteiger partial charge on any atom is 0.0636 e. The SMILES string of the molecule is C[C@@H](O)CNCCCC1CC1. The molecule has 0 saturated heterocycles. The molecule has 0 unspecified atom stereocenters. The smallest absolute Gasteiger partial charge is 0.0636 e. The van der Waals surface area contributed by atoms with E-state index in [0.717, 1.165) is 19.0 Å². The quantitative estimate of drug-likeness (QED) is 0.567. The van der Waals surface area contributed by atoms with Gasteiger partial charge in [-0.1, -0.05) is 12.8 Å². The molecule has 0 heterocycles. The number of hydrogen-bond donors (Lipinski definition) is 2. The minimum atomic E-state index is -0.198. The third-order valence-corrected chi connectivity index (χ3v) is 2.10. The summed E-state index contributed by atoms with van der Waals surface area (Å²) < 4.78 is 0. The average Bonchev–Trinajstić information content (AvgIpc) is 2.70. The van der Waals surface area contributed by atoms with E-state index in [2.05, 4.69) is 5.32 Å². The zero-order valence-electron chi connectivity index (χ0n) is 7.34. The summed E-state index contributed by atoms with van der Waals surface area (Å²) in [5.41, 5.74) is 0. The highest BCUT2D eigenvalue weighted by Crippen LogP contribution is 2.33. The summed E-state index contributed by atoms with van der Waals surface area (Å²) in [5.74, 6) is 1.04. The van der Waals surface area contributed by atoms with Crippen molar-refractivity contribution < 1.29 is 5.11 Å². The monoisotopic (exact) mass is 157 g/mol. The third-order valence-electron chi connectivity index (χ3n) is 2.10. The maximum absolute atomic E-state index is 8.91. The van der Waals surface area contributed by atoms with Gasteiger partial charge in [0.05, 0.1) is 6.10 Å². The van der Waals surface area contributed by atoms with Gasteiger partial charge in [-0.25, -0.2) is 0 Å². The van der Waals surface area contributed by atoms with Crippen LogP contribution in [0.1, 0.15) is 32.6 Å². The Morgan fingerprint density at radius 2 is 2.27 bits per heavy atom. The van der Waals surface area contributed by atoms with Crippen LogP contribution in [0.5, 0.6) is 0 Å². The van der Waals surface area contributed by atoms with Crippen LogP contribution >= 0.6 is 0 Å². The van der Waals surface area contributed by atoms with Crippen molar-refractivity contribution in [1.82, 2.24) is 5.32 Å². The molecular weight excluding hydrogens is 138 g/mol. The van der Waals surface area contributed by atoms with Gasteiger partial charge in [0.1, 0.15) is 0 Å². The Bertz CT molecular complexity index is 95.7. The summed E-state index contributed by atoms with van der Waals surface area (Å²) in [7, 11) is 0. The summed E-state index contributed by atoms with van der Waals surface area (Å²) in [6.45, 7) is 3.62. The molecule has 1 atom stereocenters. The van der Waals surface area contributed by atoms with Gasteiger partial charge in [0.15, 0.2) is 0 Å². The fraction of sp³-hybridized carbons (Fsp3) is 1.00. The molecular formula is C9H19NO. The molecule has 1 rings (SSSR count). The Morgan fingerprint density at radius 3 is 2.82 bits per heavy atom. The van der Waals surface area contributed by atoms with Crippen molar-refractivity contribution in [2.75, 3.05) is 13.1 Å². The van der Waals surface area contributed by atoms with Gasteiger partial charge in [0.2, 0.25) is 0 Å². The molecule has 1 saturated carbocycles. The topological polar surface area (TPSA) is 32.3 Å². The first-order chi connectivity index (χ1) is 5.29. The van der Waals surface area contributed by atoms with Crippen molar-refractivity contribution in [3.63, 3.8) is 0 Å². The molecule has 0 aliphatic heterocycles. The van der Waals surface area contributed by atoms with Crippen LogP contribution in [-0.4, -0.2) is 24.3 Å². The van der Waals surface area contributed by atoms with E-state index in [1.165, 1.54) is 25.7 Å². The van der Waals surface area contributed by atoms with Crippen LogP contribution in [0, 0.1) is 5.92 Å². The normalized spacial score (nSPS) is 20.2. The van der Waals surface area contributed by atoms with Gasteiger partial charge in [0.25, 0.3) is 0 Å². The van der Waals surface area contributed by atoms with Crippen molar-refractivity contribution in [3.05, 3.63) is 0 Å². The molecule has 2 heteroatoms. The van der Waals surface area contributed by atoms with E-state index in [1.807, 2.05) is 6.92 Å². The number of aliphatic hydroxyl groups is 1. The minimum absolute atomic E-state index is 0.198. The predicted molar refractivity (Wildman–Crippen MR) is 46.5 cm³/mol. The summed E-state index contributed by atoms with van der Waals surface area (Å²) >= 11 is 0. The fourth-order valence-electron chi connectivity index (χ4n) is 1.23. The Balaban J connectivity index is 1.73. The zero-order valence-corrected chi connectivity index (χ0v) is 7.34. The van der Waals surface area contributed by atoms with Crippen LogP contribution in [-0.2, 0) is 0 Å². The van der Waals surface area contributed by atoms with Gasteiger partial charge in [0, 0.05) is 6.54 Å². The number of rotatable bonds is 6. The number of nitrogens with one attached hydrogen (secondary N) is 1. The molecule has 2 nitrogen and oxygen atoms in total. The van der Waals surface area contributed by atoms with Crippen LogP contribution in [0.15, 0.2) is 0 Å². The lowest BCUT2D eigenvalue weighted by atomic mass is 10.2. The molecule has 0 aromatic carbocycles. The van der Waals surface area contributed by atoms with E-state index < -0.39 is 0 Å². The minimum Gasteiger partial charge on any atom is -0.392 e. The van der Waals surface area contributed by atoms with E-state index in [-0.39, 0.29) is 6.10 Å². The van der Waals surface area contributed by atoms with E-state index in [4.69, 9.17) is 5.11 Å². The highest BCUT2D eigenvalue weighted by molar-refractivity contribution is 4.72. The zero-order chi connectivity index (χ0) is 8.10. The second-order valence-corrected chi connectivity index (χ2v) is 3.64. The van der Waals surface area contributed by atoms with Crippen molar-refractivity contribution in [1.29, 1.82) is 0 Å². The Hall–Kier alpha value is -0.0800. The molecule has 0 spiro atoms. The van der Waals surface area contributed by atoms with Gasteiger partial charge in [-0.3, -0.25) is 0 Å². The maximum atomic E-state index is 8.91. The molecule has 0 radical (unpaired) electrons. The first-order valence-electron chi connectivity index (χ1n) is 4.68. The lowest BCUT2D eigenvalue weighted by Gasteiger charge is -2.05. The Labute approximate surface area is 69.0 Å². The third kappa shape index (κ3) is 5.22. The summed E-state index contributed by atoms with van der Waals surface area (Å²) in [6, 6.07) is 0. The lowest BCUT2D eigenvalue weighted by molar-refractivity contribution is 0.191. The molecule has 0 bridgehead atoms. The summed E-state index contributed by atoms with van der Waals surface area (Å²) in [5, 5.41) is 12.1. The molecule has 0 aromatic rings. The van der Waals surface area contributed by atoms with E-state index >= 15 is 0 Å². The predicted octanol–water partition coefficient (Wildman–Crippen LogP) is 1.15. The van der Waals surface area contributed by atoms with Crippen molar-refractivity contribution in [3.8, 4) is 0 Å². The molecule has 1 fully saturated rings. The number of aliphatic hydroxyl groups excluding tert-OH is 1. The van der Waals surface area contributed by atoms with Crippen LogP contribution in [0.3, 0.4) is 0 Å². The molecule has 2 N–H and O–H groups in total. The van der Waals surface area contributed by atoms with E-state index in [9.17, 15) is 0 Å². The summed E-state index contributed by atoms with van der Waals surface area (Å²) in [4.78, 5) is 0. The molecule has 0 aromatic heterocycles. The van der Waals surface area contributed by atoms with Crippen LogP contribution in [0.4, 0.5) is 0 Å². The molecule has 1 aliphatic rings. The van der Waals surface area contributed by atoms with Crippen molar-refractivity contribution in [2.24, 2.45) is 5.92 Å². The van der Waals surface area contributed by atoms with Gasteiger partial charge >= 0.3 is 0 Å². The van der Waals surface area contributed by atoms with Gasteiger partial charge in [-0.05, 0) is 32.2 Å². The summed E-state index contributed by atoms with van der Waals surface area (Å²) in [6.07, 6.45) is 5.37. The fourth-order valence-corrected chi connectivity index (χ4v) is 1.23. The first kappa shape index (κ1) is 9.01. The van der Waals surface area contributed by atoms with Gasteiger partial charge < -0.3 is 10.4 Å². The second kappa shape index (κ2) is 4.73. The van der Waals surface area contributed by atoms with E-state index in [1.54, 1.807) is 0 Å². The highest BCUT2D eigenvalue weighted by Gasteiger charge is 2.19. The first-order valence-corrected chi connectivity index (χ1v) is 4.68.